The predicted octanol–water partition coefficient (Wildman–Crippen LogP) is 1.69. The molecule has 3 atom stereocenters. The third-order valence-electron chi connectivity index (χ3n) is 7.06. The first-order valence-corrected chi connectivity index (χ1v) is 14.2. The number of amides is 3. The Bertz CT molecular complexity index is 1180. The molecule has 2 aliphatic heterocycles. The normalized spacial score (nSPS) is 22.5. The number of carbonyl (C=O) groups is 3. The molecule has 0 saturated carbocycles. The van der Waals surface area contributed by atoms with Crippen molar-refractivity contribution in [3.8, 4) is 5.75 Å². The number of aryl methyl sites for hydroxylation is 2. The SMILES string of the molecule is Cc1ccc2cc1CNC(=O)C(c1cnn(CCS(=O)O)c1)NC(=O)CCC(=O)N1CCCC(CCO2)C1. The maximum absolute atomic E-state index is 13.3. The Morgan fingerprint density at radius 1 is 1.21 bits per heavy atom. The molecule has 2 aliphatic rings. The van der Waals surface area contributed by atoms with Crippen molar-refractivity contribution < 1.29 is 27.9 Å². The molecule has 3 amide bonds. The molecule has 1 aromatic carbocycles. The number of aromatic nitrogens is 2. The van der Waals surface area contributed by atoms with Crippen LogP contribution in [0, 0.1) is 12.8 Å². The van der Waals surface area contributed by atoms with Gasteiger partial charge in [-0.3, -0.25) is 19.1 Å². The Hall–Kier alpha value is -3.25. The summed E-state index contributed by atoms with van der Waals surface area (Å²) in [6, 6.07) is 4.73. The summed E-state index contributed by atoms with van der Waals surface area (Å²) in [6.07, 6.45) is 5.86. The van der Waals surface area contributed by atoms with Gasteiger partial charge in [-0.15, -0.1) is 0 Å². The molecule has 4 bridgehead atoms. The maximum Gasteiger partial charge on any atom is 0.247 e. The molecule has 1 fully saturated rings. The van der Waals surface area contributed by atoms with Gasteiger partial charge < -0.3 is 24.8 Å². The highest BCUT2D eigenvalue weighted by atomic mass is 32.2. The zero-order valence-corrected chi connectivity index (χ0v) is 22.4. The number of carbonyl (C=O) groups excluding carboxylic acids is 3. The van der Waals surface area contributed by atoms with Crippen LogP contribution in [0.5, 0.6) is 5.75 Å². The number of hydrogen-bond acceptors (Lipinski definition) is 6. The molecule has 3 N–H and O–H groups in total. The van der Waals surface area contributed by atoms with E-state index in [0.717, 1.165) is 36.1 Å². The first-order chi connectivity index (χ1) is 18.3. The van der Waals surface area contributed by atoms with Gasteiger partial charge in [0.25, 0.3) is 0 Å². The monoisotopic (exact) mass is 545 g/mol. The zero-order chi connectivity index (χ0) is 27.1. The lowest BCUT2D eigenvalue weighted by atomic mass is 9.95. The van der Waals surface area contributed by atoms with Crippen LogP contribution < -0.4 is 15.4 Å². The topological polar surface area (TPSA) is 143 Å². The van der Waals surface area contributed by atoms with Crippen molar-refractivity contribution in [3.63, 3.8) is 0 Å². The summed E-state index contributed by atoms with van der Waals surface area (Å²) in [5.74, 6) is 0.151. The largest absolute Gasteiger partial charge is 0.494 e. The number of ether oxygens (including phenoxy) is 1. The van der Waals surface area contributed by atoms with E-state index in [1.54, 1.807) is 6.20 Å². The van der Waals surface area contributed by atoms with Gasteiger partial charge in [0, 0.05) is 44.2 Å². The summed E-state index contributed by atoms with van der Waals surface area (Å²) in [4.78, 5) is 40.8. The number of piperidine rings is 1. The average molecular weight is 546 g/mol. The first-order valence-electron chi connectivity index (χ1n) is 13.0. The third-order valence-corrected chi connectivity index (χ3v) is 7.59. The van der Waals surface area contributed by atoms with Crippen molar-refractivity contribution in [2.45, 2.75) is 58.2 Å². The molecule has 2 aromatic rings. The molecule has 1 saturated heterocycles. The molecule has 0 radical (unpaired) electrons. The van der Waals surface area contributed by atoms with Crippen LogP contribution in [-0.2, 0) is 38.6 Å². The number of fused-ring (bicyclic) bond motifs is 4. The van der Waals surface area contributed by atoms with Gasteiger partial charge in [-0.1, -0.05) is 6.07 Å². The van der Waals surface area contributed by atoms with E-state index >= 15 is 0 Å². The van der Waals surface area contributed by atoms with E-state index < -0.39 is 28.9 Å². The van der Waals surface area contributed by atoms with E-state index in [2.05, 4.69) is 15.7 Å². The van der Waals surface area contributed by atoms with Crippen LogP contribution in [0.2, 0.25) is 0 Å². The van der Waals surface area contributed by atoms with Crippen molar-refractivity contribution >= 4 is 28.8 Å². The molecular formula is C26H35N5O6S. The molecule has 12 heteroatoms. The Morgan fingerprint density at radius 2 is 2.05 bits per heavy atom. The van der Waals surface area contributed by atoms with Crippen LogP contribution in [0.25, 0.3) is 0 Å². The Balaban J connectivity index is 1.55. The van der Waals surface area contributed by atoms with Crippen LogP contribution >= 0.6 is 0 Å². The number of rotatable bonds is 4. The maximum atomic E-state index is 13.3. The second kappa shape index (κ2) is 13.0. The molecule has 1 aromatic heterocycles. The number of benzene rings is 1. The molecular weight excluding hydrogens is 510 g/mol. The van der Waals surface area contributed by atoms with Crippen molar-refractivity contribution in [3.05, 3.63) is 47.3 Å². The van der Waals surface area contributed by atoms with Crippen LogP contribution in [0.1, 0.15) is 54.8 Å². The highest BCUT2D eigenvalue weighted by molar-refractivity contribution is 7.79. The van der Waals surface area contributed by atoms with Gasteiger partial charge in [0.2, 0.25) is 17.7 Å². The molecule has 38 heavy (non-hydrogen) atoms. The second-order valence-corrected chi connectivity index (χ2v) is 10.9. The van der Waals surface area contributed by atoms with Crippen LogP contribution in [0.15, 0.2) is 30.6 Å². The summed E-state index contributed by atoms with van der Waals surface area (Å²) >= 11 is -1.98. The van der Waals surface area contributed by atoms with Crippen molar-refractivity contribution in [1.82, 2.24) is 25.3 Å². The van der Waals surface area contributed by atoms with Crippen molar-refractivity contribution in [1.29, 1.82) is 0 Å². The van der Waals surface area contributed by atoms with Gasteiger partial charge in [-0.25, -0.2) is 4.21 Å². The quantitative estimate of drug-likeness (QED) is 0.496. The first kappa shape index (κ1) is 27.8. The number of nitrogens with one attached hydrogen (secondary N) is 2. The van der Waals surface area contributed by atoms with Gasteiger partial charge in [-0.2, -0.15) is 5.10 Å². The Morgan fingerprint density at radius 3 is 2.87 bits per heavy atom. The van der Waals surface area contributed by atoms with E-state index in [-0.39, 0.29) is 37.6 Å². The van der Waals surface area contributed by atoms with E-state index in [1.165, 1.54) is 10.9 Å². The van der Waals surface area contributed by atoms with Gasteiger partial charge in [0.15, 0.2) is 11.1 Å². The Labute approximate surface area is 224 Å². The molecule has 3 heterocycles. The van der Waals surface area contributed by atoms with Gasteiger partial charge in [0.05, 0.1) is 25.1 Å². The lowest BCUT2D eigenvalue weighted by Gasteiger charge is -2.33. The Kier molecular flexibility index (Phi) is 9.51. The smallest absolute Gasteiger partial charge is 0.247 e. The molecule has 11 nitrogen and oxygen atoms in total. The minimum atomic E-state index is -1.98. The average Bonchev–Trinajstić information content (AvgIpc) is 3.37. The third kappa shape index (κ3) is 7.64. The molecule has 0 spiro atoms. The molecule has 4 rings (SSSR count). The fraction of sp³-hybridized carbons (Fsp3) is 0.538. The predicted molar refractivity (Wildman–Crippen MR) is 140 cm³/mol. The lowest BCUT2D eigenvalue weighted by molar-refractivity contribution is -0.135. The van der Waals surface area contributed by atoms with Crippen molar-refractivity contribution in [2.24, 2.45) is 5.92 Å². The van der Waals surface area contributed by atoms with E-state index in [4.69, 9.17) is 9.29 Å². The minimum Gasteiger partial charge on any atom is -0.494 e. The number of hydrogen-bond donors (Lipinski definition) is 3. The summed E-state index contributed by atoms with van der Waals surface area (Å²) in [5, 5.41) is 9.82. The van der Waals surface area contributed by atoms with Gasteiger partial charge in [0.1, 0.15) is 11.8 Å². The summed E-state index contributed by atoms with van der Waals surface area (Å²) in [7, 11) is 0. The molecule has 206 valence electrons. The highest BCUT2D eigenvalue weighted by Gasteiger charge is 2.27. The molecule has 0 aliphatic carbocycles. The lowest BCUT2D eigenvalue weighted by Crippen LogP contribution is -2.42. The van der Waals surface area contributed by atoms with Crippen molar-refractivity contribution in [2.75, 3.05) is 25.4 Å². The van der Waals surface area contributed by atoms with E-state index in [1.807, 2.05) is 30.0 Å². The van der Waals surface area contributed by atoms with Crippen LogP contribution in [0.4, 0.5) is 0 Å². The molecule has 3 unspecified atom stereocenters. The van der Waals surface area contributed by atoms with Gasteiger partial charge >= 0.3 is 0 Å². The summed E-state index contributed by atoms with van der Waals surface area (Å²) < 4.78 is 27.6. The zero-order valence-electron chi connectivity index (χ0n) is 21.6. The van der Waals surface area contributed by atoms with Gasteiger partial charge in [-0.05, 0) is 55.4 Å². The minimum absolute atomic E-state index is 0.0124. The second-order valence-electron chi connectivity index (χ2n) is 9.85. The fourth-order valence-electron chi connectivity index (χ4n) is 4.82. The fourth-order valence-corrected chi connectivity index (χ4v) is 5.16. The summed E-state index contributed by atoms with van der Waals surface area (Å²) in [6.45, 7) is 4.26. The highest BCUT2D eigenvalue weighted by Crippen LogP contribution is 2.23. The summed E-state index contributed by atoms with van der Waals surface area (Å²) in [5.41, 5.74) is 2.34. The van der Waals surface area contributed by atoms with Crippen LogP contribution in [0.3, 0.4) is 0 Å². The number of nitrogens with zero attached hydrogens (tertiary/aromatic N) is 3. The van der Waals surface area contributed by atoms with Crippen LogP contribution in [-0.4, -0.2) is 66.6 Å². The standard InChI is InChI=1S/C26H35N5O6S/c1-18-4-5-22-13-20(18)14-27-26(34)25(21-15-28-31(17-21)10-12-38(35)36)29-23(32)6-7-24(33)30-9-2-3-19(16-30)8-11-37-22/h4-5,13,15,17,19,25H,2-3,6-12,14,16H2,1H3,(H,27,34)(H,29,32)(H,35,36). The van der Waals surface area contributed by atoms with E-state index in [0.29, 0.717) is 31.2 Å². The van der Waals surface area contributed by atoms with E-state index in [9.17, 15) is 18.6 Å².